The summed E-state index contributed by atoms with van der Waals surface area (Å²) in [6, 6.07) is -0.256. The van der Waals surface area contributed by atoms with Gasteiger partial charge in [-0.05, 0) is 20.8 Å². The molecule has 0 aliphatic carbocycles. The van der Waals surface area contributed by atoms with Crippen LogP contribution in [0.4, 0.5) is 0 Å². The second kappa shape index (κ2) is 6.58. The molecule has 1 aliphatic heterocycles. The standard InChI is InChI=1S/C14H24N4O4S/c1-10-13(12(3)22-15-10)23(20,21)18-8-6-17(7-9-18)11(2)14(19)16(4)5/h11H,6-9H2,1-5H3. The summed E-state index contributed by atoms with van der Waals surface area (Å²) in [6.07, 6.45) is 0. The Kier molecular flexibility index (Phi) is 5.12. The van der Waals surface area contributed by atoms with Crippen LogP contribution in [0.2, 0.25) is 0 Å². The summed E-state index contributed by atoms with van der Waals surface area (Å²) in [6.45, 7) is 6.79. The lowest BCUT2D eigenvalue weighted by Crippen LogP contribution is -2.54. The molecule has 130 valence electrons. The van der Waals surface area contributed by atoms with Gasteiger partial charge in [-0.15, -0.1) is 0 Å². The predicted octanol–water partition coefficient (Wildman–Crippen LogP) is 0.0744. The molecular weight excluding hydrogens is 320 g/mol. The number of carbonyl (C=O) groups is 1. The molecule has 1 atom stereocenters. The fourth-order valence-corrected chi connectivity index (χ4v) is 4.55. The first kappa shape index (κ1) is 17.9. The van der Waals surface area contributed by atoms with Crippen molar-refractivity contribution in [3.63, 3.8) is 0 Å². The third-order valence-corrected chi connectivity index (χ3v) is 6.33. The van der Waals surface area contributed by atoms with E-state index in [0.29, 0.717) is 37.6 Å². The first-order valence-corrected chi connectivity index (χ1v) is 8.98. The summed E-state index contributed by atoms with van der Waals surface area (Å²) in [4.78, 5) is 15.7. The second-order valence-electron chi connectivity index (χ2n) is 6.00. The van der Waals surface area contributed by atoms with Gasteiger partial charge in [0.15, 0.2) is 5.76 Å². The quantitative estimate of drug-likeness (QED) is 0.768. The van der Waals surface area contributed by atoms with E-state index in [9.17, 15) is 13.2 Å². The van der Waals surface area contributed by atoms with E-state index >= 15 is 0 Å². The molecule has 1 aromatic heterocycles. The Balaban J connectivity index is 2.09. The van der Waals surface area contributed by atoms with Gasteiger partial charge in [-0.1, -0.05) is 5.16 Å². The summed E-state index contributed by atoms with van der Waals surface area (Å²) in [5.41, 5.74) is 0.376. The van der Waals surface area contributed by atoms with E-state index in [2.05, 4.69) is 5.16 Å². The summed E-state index contributed by atoms with van der Waals surface area (Å²) in [5.74, 6) is 0.327. The Labute approximate surface area is 137 Å². The van der Waals surface area contributed by atoms with Crippen molar-refractivity contribution in [2.24, 2.45) is 0 Å². The van der Waals surface area contributed by atoms with Gasteiger partial charge in [-0.25, -0.2) is 8.42 Å². The van der Waals surface area contributed by atoms with E-state index < -0.39 is 10.0 Å². The number of likely N-dealkylation sites (N-methyl/N-ethyl adjacent to an activating group) is 1. The number of carbonyl (C=O) groups excluding carboxylic acids is 1. The average Bonchev–Trinajstić information content (AvgIpc) is 2.85. The number of rotatable bonds is 4. The van der Waals surface area contributed by atoms with Crippen molar-refractivity contribution in [2.45, 2.75) is 31.7 Å². The van der Waals surface area contributed by atoms with Crippen molar-refractivity contribution in [1.29, 1.82) is 0 Å². The number of aryl methyl sites for hydroxylation is 2. The SMILES string of the molecule is Cc1noc(C)c1S(=O)(=O)N1CCN(C(C)C(=O)N(C)C)CC1. The van der Waals surface area contributed by atoms with Crippen LogP contribution in [0.5, 0.6) is 0 Å². The first-order chi connectivity index (χ1) is 10.7. The number of amides is 1. The Bertz CT molecular complexity index is 655. The number of nitrogens with zero attached hydrogens (tertiary/aromatic N) is 4. The normalized spacial score (nSPS) is 18.8. The van der Waals surface area contributed by atoms with E-state index in [1.807, 2.05) is 11.8 Å². The van der Waals surface area contributed by atoms with Crippen molar-refractivity contribution < 1.29 is 17.7 Å². The lowest BCUT2D eigenvalue weighted by Gasteiger charge is -2.37. The molecule has 2 rings (SSSR count). The second-order valence-corrected chi connectivity index (χ2v) is 7.88. The molecule has 0 bridgehead atoms. The van der Waals surface area contributed by atoms with Crippen molar-refractivity contribution in [3.05, 3.63) is 11.5 Å². The van der Waals surface area contributed by atoms with Crippen LogP contribution in [0.3, 0.4) is 0 Å². The topological polar surface area (TPSA) is 87.0 Å². The smallest absolute Gasteiger partial charge is 0.248 e. The third kappa shape index (κ3) is 3.41. The van der Waals surface area contributed by atoms with Gasteiger partial charge in [0, 0.05) is 40.3 Å². The minimum atomic E-state index is -3.61. The van der Waals surface area contributed by atoms with Crippen LogP contribution in [0.15, 0.2) is 9.42 Å². The van der Waals surface area contributed by atoms with E-state index in [1.54, 1.807) is 32.8 Å². The van der Waals surface area contributed by atoms with E-state index in [-0.39, 0.29) is 16.8 Å². The summed E-state index contributed by atoms with van der Waals surface area (Å²) in [5, 5.41) is 3.72. The molecule has 0 aromatic carbocycles. The molecule has 2 heterocycles. The van der Waals surface area contributed by atoms with Gasteiger partial charge in [-0.3, -0.25) is 9.69 Å². The molecule has 1 aromatic rings. The zero-order valence-electron chi connectivity index (χ0n) is 14.2. The molecular formula is C14H24N4O4S. The molecule has 1 saturated heterocycles. The average molecular weight is 344 g/mol. The maximum atomic E-state index is 12.7. The fourth-order valence-electron chi connectivity index (χ4n) is 2.83. The summed E-state index contributed by atoms with van der Waals surface area (Å²) in [7, 11) is -0.172. The number of sulfonamides is 1. The van der Waals surface area contributed by atoms with E-state index in [1.165, 1.54) is 4.31 Å². The summed E-state index contributed by atoms with van der Waals surface area (Å²) < 4.78 is 31.9. The van der Waals surface area contributed by atoms with Crippen LogP contribution in [-0.2, 0) is 14.8 Å². The number of aromatic nitrogens is 1. The minimum Gasteiger partial charge on any atom is -0.360 e. The van der Waals surface area contributed by atoms with E-state index in [4.69, 9.17) is 4.52 Å². The Hall–Kier alpha value is -1.45. The van der Waals surface area contributed by atoms with Crippen molar-refractivity contribution in [1.82, 2.24) is 19.3 Å². The highest BCUT2D eigenvalue weighted by Crippen LogP contribution is 2.24. The molecule has 0 saturated carbocycles. The molecule has 23 heavy (non-hydrogen) atoms. The zero-order valence-corrected chi connectivity index (χ0v) is 15.1. The Morgan fingerprint density at radius 1 is 1.22 bits per heavy atom. The van der Waals surface area contributed by atoms with Gasteiger partial charge in [0.05, 0.1) is 6.04 Å². The number of hydrogen-bond acceptors (Lipinski definition) is 6. The molecule has 8 nitrogen and oxygen atoms in total. The number of piperazine rings is 1. The highest BCUT2D eigenvalue weighted by molar-refractivity contribution is 7.89. The van der Waals surface area contributed by atoms with Gasteiger partial charge in [0.25, 0.3) is 0 Å². The van der Waals surface area contributed by atoms with Crippen LogP contribution >= 0.6 is 0 Å². The molecule has 1 fully saturated rings. The van der Waals surface area contributed by atoms with Gasteiger partial charge in [0.1, 0.15) is 10.6 Å². The summed E-state index contributed by atoms with van der Waals surface area (Å²) >= 11 is 0. The lowest BCUT2D eigenvalue weighted by molar-refractivity contribution is -0.134. The van der Waals surface area contributed by atoms with Gasteiger partial charge in [-0.2, -0.15) is 4.31 Å². The van der Waals surface area contributed by atoms with Crippen LogP contribution < -0.4 is 0 Å². The van der Waals surface area contributed by atoms with Crippen molar-refractivity contribution in [2.75, 3.05) is 40.3 Å². The molecule has 1 unspecified atom stereocenters. The van der Waals surface area contributed by atoms with Crippen molar-refractivity contribution in [3.8, 4) is 0 Å². The monoisotopic (exact) mass is 344 g/mol. The Morgan fingerprint density at radius 2 is 1.78 bits per heavy atom. The highest BCUT2D eigenvalue weighted by Gasteiger charge is 2.35. The maximum absolute atomic E-state index is 12.7. The van der Waals surface area contributed by atoms with E-state index in [0.717, 1.165) is 0 Å². The lowest BCUT2D eigenvalue weighted by atomic mass is 10.2. The molecule has 0 radical (unpaired) electrons. The largest absolute Gasteiger partial charge is 0.360 e. The predicted molar refractivity (Wildman–Crippen MR) is 84.5 cm³/mol. The number of hydrogen-bond donors (Lipinski definition) is 0. The fraction of sp³-hybridized carbons (Fsp3) is 0.714. The zero-order chi connectivity index (χ0) is 17.4. The minimum absolute atomic E-state index is 0.0204. The molecule has 0 spiro atoms. The van der Waals surface area contributed by atoms with Crippen LogP contribution in [0, 0.1) is 13.8 Å². The van der Waals surface area contributed by atoms with Gasteiger partial charge >= 0.3 is 0 Å². The maximum Gasteiger partial charge on any atom is 0.248 e. The highest BCUT2D eigenvalue weighted by atomic mass is 32.2. The van der Waals surface area contributed by atoms with Crippen LogP contribution in [0.25, 0.3) is 0 Å². The Morgan fingerprint density at radius 3 is 2.22 bits per heavy atom. The third-order valence-electron chi connectivity index (χ3n) is 4.18. The molecule has 1 amide bonds. The first-order valence-electron chi connectivity index (χ1n) is 7.54. The molecule has 9 heteroatoms. The van der Waals surface area contributed by atoms with Gasteiger partial charge in [0.2, 0.25) is 15.9 Å². The van der Waals surface area contributed by atoms with Crippen LogP contribution in [-0.4, -0.2) is 79.9 Å². The van der Waals surface area contributed by atoms with Crippen molar-refractivity contribution >= 4 is 15.9 Å². The van der Waals surface area contributed by atoms with Gasteiger partial charge < -0.3 is 9.42 Å². The van der Waals surface area contributed by atoms with Crippen LogP contribution in [0.1, 0.15) is 18.4 Å². The molecule has 1 aliphatic rings. The molecule has 0 N–H and O–H groups in total.